The lowest BCUT2D eigenvalue weighted by Gasteiger charge is -2.24. The molecule has 3 aromatic rings. The molecule has 158 valence electrons. The monoisotopic (exact) mass is 418 g/mol. The summed E-state index contributed by atoms with van der Waals surface area (Å²) < 4.78 is 50.4. The highest BCUT2D eigenvalue weighted by atomic mass is 19.1. The number of imidazole rings is 1. The molecule has 0 saturated carbocycles. The lowest BCUT2D eigenvalue weighted by molar-refractivity contribution is -0.114. The quantitative estimate of drug-likeness (QED) is 0.668. The number of nitrogens with one attached hydrogen (secondary N) is 2. The number of rotatable bonds is 5. The molecule has 1 saturated heterocycles. The van der Waals surface area contributed by atoms with Crippen LogP contribution in [-0.4, -0.2) is 41.1 Å². The maximum atomic E-state index is 14.9. The number of carbonyl (C=O) groups excluding carboxylic acids is 1. The van der Waals surface area contributed by atoms with Crippen LogP contribution in [-0.2, 0) is 22.6 Å². The molecule has 1 amide bonds. The summed E-state index contributed by atoms with van der Waals surface area (Å²) >= 11 is 0. The number of halogens is 3. The van der Waals surface area contributed by atoms with Gasteiger partial charge in [0.25, 0.3) is 0 Å². The first kappa shape index (κ1) is 20.4. The number of benzene rings is 1. The van der Waals surface area contributed by atoms with Crippen molar-refractivity contribution in [1.82, 2.24) is 14.7 Å². The molecule has 6 nitrogen and oxygen atoms in total. The molecule has 0 aliphatic carbocycles. The number of pyridine rings is 1. The number of aromatic nitrogens is 2. The number of carbonyl (C=O) groups is 1. The van der Waals surface area contributed by atoms with Crippen LogP contribution in [0.2, 0.25) is 0 Å². The van der Waals surface area contributed by atoms with Crippen LogP contribution in [0.4, 0.5) is 18.9 Å². The summed E-state index contributed by atoms with van der Waals surface area (Å²) in [5.74, 6) is -2.13. The summed E-state index contributed by atoms with van der Waals surface area (Å²) in [5.41, 5.74) is 1.23. The van der Waals surface area contributed by atoms with Crippen molar-refractivity contribution in [1.29, 1.82) is 0 Å². The fraction of sp³-hybridized carbons (Fsp3) is 0.333. The standard InChI is InChI=1S/C21H21F3N4O2/c1-12(29)26-14-7-16(23)20(17(24)8-14)21-18(9-15-11-25-3-5-30-15)28-4-2-13(10-22)6-19(28)27-21/h2,4,6-8,15,25H,3,5,9-11H2,1H3,(H,26,29). The lowest BCUT2D eigenvalue weighted by atomic mass is 10.0. The highest BCUT2D eigenvalue weighted by Gasteiger charge is 2.25. The van der Waals surface area contributed by atoms with Crippen LogP contribution < -0.4 is 10.6 Å². The summed E-state index contributed by atoms with van der Waals surface area (Å²) in [6.07, 6.45) is 1.82. The van der Waals surface area contributed by atoms with Gasteiger partial charge >= 0.3 is 0 Å². The van der Waals surface area contributed by atoms with Gasteiger partial charge in [0, 0.05) is 38.3 Å². The maximum absolute atomic E-state index is 14.9. The van der Waals surface area contributed by atoms with E-state index in [-0.39, 0.29) is 23.0 Å². The summed E-state index contributed by atoms with van der Waals surface area (Å²) in [4.78, 5) is 15.6. The van der Waals surface area contributed by atoms with Crippen molar-refractivity contribution in [2.45, 2.75) is 26.1 Å². The fourth-order valence-corrected chi connectivity index (χ4v) is 3.66. The van der Waals surface area contributed by atoms with E-state index in [1.807, 2.05) is 0 Å². The average molecular weight is 418 g/mol. The summed E-state index contributed by atoms with van der Waals surface area (Å²) in [7, 11) is 0. The Balaban J connectivity index is 1.84. The summed E-state index contributed by atoms with van der Waals surface area (Å²) in [6.45, 7) is 2.46. The predicted molar refractivity (Wildman–Crippen MR) is 106 cm³/mol. The van der Waals surface area contributed by atoms with E-state index in [1.165, 1.54) is 6.92 Å². The molecule has 1 atom stereocenters. The zero-order valence-electron chi connectivity index (χ0n) is 16.3. The Morgan fingerprint density at radius 1 is 1.33 bits per heavy atom. The molecule has 3 heterocycles. The molecule has 4 rings (SSSR count). The molecule has 1 aliphatic rings. The van der Waals surface area contributed by atoms with E-state index in [9.17, 15) is 18.0 Å². The van der Waals surface area contributed by atoms with Gasteiger partial charge in [-0.2, -0.15) is 0 Å². The SMILES string of the molecule is CC(=O)Nc1cc(F)c(-c2nc3cc(CF)ccn3c2CC2CNCCO2)c(F)c1. The predicted octanol–water partition coefficient (Wildman–Crippen LogP) is 3.24. The number of hydrogen-bond acceptors (Lipinski definition) is 4. The van der Waals surface area contributed by atoms with Crippen molar-refractivity contribution < 1.29 is 22.7 Å². The molecule has 2 N–H and O–H groups in total. The number of amides is 1. The third-order valence-corrected chi connectivity index (χ3v) is 4.97. The van der Waals surface area contributed by atoms with E-state index in [1.54, 1.807) is 22.7 Å². The van der Waals surface area contributed by atoms with Gasteiger partial charge in [0.1, 0.15) is 24.0 Å². The normalized spacial score (nSPS) is 16.7. The van der Waals surface area contributed by atoms with Gasteiger partial charge in [0.05, 0.1) is 29.7 Å². The molecule has 9 heteroatoms. The highest BCUT2D eigenvalue weighted by Crippen LogP contribution is 2.33. The van der Waals surface area contributed by atoms with Crippen molar-refractivity contribution >= 4 is 17.2 Å². The zero-order chi connectivity index (χ0) is 21.3. The molecular formula is C21H21F3N4O2. The van der Waals surface area contributed by atoms with Gasteiger partial charge in [0.2, 0.25) is 5.91 Å². The minimum atomic E-state index is -0.850. The van der Waals surface area contributed by atoms with Crippen molar-refractivity contribution in [2.24, 2.45) is 0 Å². The minimum Gasteiger partial charge on any atom is -0.375 e. The largest absolute Gasteiger partial charge is 0.375 e. The Kier molecular flexibility index (Phi) is 5.74. The van der Waals surface area contributed by atoms with Gasteiger partial charge in [-0.05, 0) is 29.8 Å². The van der Waals surface area contributed by atoms with E-state index in [2.05, 4.69) is 15.6 Å². The van der Waals surface area contributed by atoms with Gasteiger partial charge in [-0.25, -0.2) is 18.2 Å². The van der Waals surface area contributed by atoms with Crippen LogP contribution in [0.25, 0.3) is 16.9 Å². The molecule has 1 aromatic carbocycles. The molecule has 1 unspecified atom stereocenters. The molecule has 1 fully saturated rings. The second-order valence-electron chi connectivity index (χ2n) is 7.20. The first-order chi connectivity index (χ1) is 14.5. The van der Waals surface area contributed by atoms with Crippen LogP contribution in [0, 0.1) is 11.6 Å². The zero-order valence-corrected chi connectivity index (χ0v) is 16.3. The van der Waals surface area contributed by atoms with Crippen molar-refractivity contribution in [3.63, 3.8) is 0 Å². The Morgan fingerprint density at radius 2 is 2.10 bits per heavy atom. The van der Waals surface area contributed by atoms with Gasteiger partial charge in [-0.15, -0.1) is 0 Å². The van der Waals surface area contributed by atoms with E-state index in [0.29, 0.717) is 36.5 Å². The van der Waals surface area contributed by atoms with Crippen molar-refractivity contribution in [3.8, 4) is 11.3 Å². The number of nitrogens with zero attached hydrogens (tertiary/aromatic N) is 2. The first-order valence-electron chi connectivity index (χ1n) is 9.61. The summed E-state index contributed by atoms with van der Waals surface area (Å²) in [6, 6.07) is 5.27. The highest BCUT2D eigenvalue weighted by molar-refractivity contribution is 5.89. The molecular weight excluding hydrogens is 397 g/mol. The Bertz CT molecular complexity index is 1070. The molecule has 1 aliphatic heterocycles. The van der Waals surface area contributed by atoms with Crippen molar-refractivity contribution in [2.75, 3.05) is 25.0 Å². The Hall–Kier alpha value is -2.91. The smallest absolute Gasteiger partial charge is 0.221 e. The topological polar surface area (TPSA) is 67.7 Å². The van der Waals surface area contributed by atoms with Gasteiger partial charge < -0.3 is 19.8 Å². The summed E-state index contributed by atoms with van der Waals surface area (Å²) in [5, 5.41) is 5.60. The third kappa shape index (κ3) is 4.03. The van der Waals surface area contributed by atoms with Crippen LogP contribution in [0.1, 0.15) is 18.2 Å². The number of morpholine rings is 1. The number of hydrogen-bond donors (Lipinski definition) is 2. The third-order valence-electron chi connectivity index (χ3n) is 4.97. The van der Waals surface area contributed by atoms with Crippen LogP contribution in [0.3, 0.4) is 0 Å². The van der Waals surface area contributed by atoms with E-state index in [0.717, 1.165) is 18.7 Å². The van der Waals surface area contributed by atoms with Crippen LogP contribution >= 0.6 is 0 Å². The lowest BCUT2D eigenvalue weighted by Crippen LogP contribution is -2.39. The van der Waals surface area contributed by atoms with Crippen LogP contribution in [0.15, 0.2) is 30.5 Å². The first-order valence-corrected chi connectivity index (χ1v) is 9.61. The van der Waals surface area contributed by atoms with Crippen LogP contribution in [0.5, 0.6) is 0 Å². The fourth-order valence-electron chi connectivity index (χ4n) is 3.66. The van der Waals surface area contributed by atoms with Crippen molar-refractivity contribution in [3.05, 3.63) is 53.4 Å². The molecule has 30 heavy (non-hydrogen) atoms. The minimum absolute atomic E-state index is 0.0195. The van der Waals surface area contributed by atoms with E-state index >= 15 is 0 Å². The number of ether oxygens (including phenoxy) is 1. The Labute approximate surface area is 171 Å². The maximum Gasteiger partial charge on any atom is 0.221 e. The average Bonchev–Trinajstić information content (AvgIpc) is 3.05. The van der Waals surface area contributed by atoms with Gasteiger partial charge in [-0.3, -0.25) is 4.79 Å². The van der Waals surface area contributed by atoms with E-state index in [4.69, 9.17) is 4.74 Å². The second kappa shape index (κ2) is 8.45. The van der Waals surface area contributed by atoms with Gasteiger partial charge in [0.15, 0.2) is 0 Å². The number of alkyl halides is 1. The number of fused-ring (bicyclic) bond motifs is 1. The van der Waals surface area contributed by atoms with E-state index < -0.39 is 24.2 Å². The molecule has 0 bridgehead atoms. The number of anilines is 1. The molecule has 0 radical (unpaired) electrons. The molecule has 2 aromatic heterocycles. The molecule has 0 spiro atoms. The Morgan fingerprint density at radius 3 is 2.73 bits per heavy atom. The van der Waals surface area contributed by atoms with Gasteiger partial charge in [-0.1, -0.05) is 0 Å². The second-order valence-corrected chi connectivity index (χ2v) is 7.20.